The zero-order valence-corrected chi connectivity index (χ0v) is 14.8. The molecule has 0 aromatic heterocycles. The van der Waals surface area contributed by atoms with Gasteiger partial charge in [-0.2, -0.15) is 13.2 Å². The van der Waals surface area contributed by atoms with Gasteiger partial charge in [-0.25, -0.2) is 0 Å². The van der Waals surface area contributed by atoms with Crippen molar-refractivity contribution in [1.82, 2.24) is 0 Å². The number of thioether (sulfide) groups is 1. The monoisotopic (exact) mass is 411 g/mol. The normalized spacial score (nSPS) is 13.7. The van der Waals surface area contributed by atoms with Gasteiger partial charge < -0.3 is 10.2 Å². The second kappa shape index (κ2) is 7.50. The fourth-order valence-corrected chi connectivity index (χ4v) is 3.51. The highest BCUT2D eigenvalue weighted by atomic mass is 32.2. The average molecular weight is 411 g/mol. The number of benzene rings is 2. The van der Waals surface area contributed by atoms with Crippen LogP contribution in [0.4, 0.5) is 30.2 Å². The maximum atomic E-state index is 12.8. The quantitative estimate of drug-likeness (QED) is 0.471. The molecule has 0 spiro atoms. The number of nitrogens with one attached hydrogen (secondary N) is 1. The highest BCUT2D eigenvalue weighted by molar-refractivity contribution is 8.00. The lowest BCUT2D eigenvalue weighted by molar-refractivity contribution is -0.388. The number of halogens is 3. The molecule has 11 heteroatoms. The minimum atomic E-state index is -4.71. The van der Waals surface area contributed by atoms with Crippen molar-refractivity contribution >= 4 is 40.6 Å². The lowest BCUT2D eigenvalue weighted by Gasteiger charge is -2.29. The number of nitro groups is 1. The third kappa shape index (κ3) is 4.09. The van der Waals surface area contributed by atoms with Gasteiger partial charge in [-0.1, -0.05) is 12.1 Å². The van der Waals surface area contributed by atoms with Crippen molar-refractivity contribution in [2.75, 3.05) is 22.5 Å². The molecule has 28 heavy (non-hydrogen) atoms. The van der Waals surface area contributed by atoms with E-state index in [1.165, 1.54) is 4.90 Å². The topological polar surface area (TPSA) is 92.5 Å². The number of hydrogen-bond acceptors (Lipinski definition) is 5. The van der Waals surface area contributed by atoms with Gasteiger partial charge in [0, 0.05) is 6.07 Å². The van der Waals surface area contributed by atoms with Crippen LogP contribution in [0, 0.1) is 10.1 Å². The number of hydrogen-bond donors (Lipinski definition) is 1. The molecule has 0 atom stereocenters. The summed E-state index contributed by atoms with van der Waals surface area (Å²) in [7, 11) is 0. The van der Waals surface area contributed by atoms with Crippen molar-refractivity contribution in [1.29, 1.82) is 0 Å². The number of rotatable bonds is 4. The minimum absolute atomic E-state index is 0.0684. The molecule has 0 radical (unpaired) electrons. The molecule has 1 N–H and O–H groups in total. The molecule has 0 unspecified atom stereocenters. The van der Waals surface area contributed by atoms with Crippen molar-refractivity contribution in [2.24, 2.45) is 0 Å². The molecule has 3 rings (SSSR count). The summed E-state index contributed by atoms with van der Waals surface area (Å²) >= 11 is 0.740. The molecule has 2 amide bonds. The Kier molecular flexibility index (Phi) is 5.27. The van der Waals surface area contributed by atoms with Gasteiger partial charge in [0.15, 0.2) is 0 Å². The Morgan fingerprint density at radius 2 is 1.96 bits per heavy atom. The maximum Gasteiger partial charge on any atom is 0.416 e. The molecule has 2 aromatic carbocycles. The molecule has 7 nitrogen and oxygen atoms in total. The molecule has 0 saturated carbocycles. The molecule has 1 aliphatic rings. The van der Waals surface area contributed by atoms with Crippen LogP contribution >= 0.6 is 11.8 Å². The molecule has 146 valence electrons. The Morgan fingerprint density at radius 1 is 1.25 bits per heavy atom. The number of fused-ring (bicyclic) bond motifs is 1. The Balaban J connectivity index is 1.80. The highest BCUT2D eigenvalue weighted by Crippen LogP contribution is 2.37. The van der Waals surface area contributed by atoms with E-state index in [4.69, 9.17) is 0 Å². The second-order valence-corrected chi connectivity index (χ2v) is 6.79. The number of para-hydroxylation sites is 2. The molecule has 1 heterocycles. The number of carbonyl (C=O) groups is 2. The summed E-state index contributed by atoms with van der Waals surface area (Å²) in [6.07, 6.45) is -4.71. The van der Waals surface area contributed by atoms with E-state index >= 15 is 0 Å². The molecule has 0 bridgehead atoms. The van der Waals surface area contributed by atoms with Crippen LogP contribution < -0.4 is 10.2 Å². The van der Waals surface area contributed by atoms with Gasteiger partial charge in [-0.3, -0.25) is 19.7 Å². The van der Waals surface area contributed by atoms with Crippen LogP contribution in [0.2, 0.25) is 0 Å². The summed E-state index contributed by atoms with van der Waals surface area (Å²) in [6.45, 7) is -0.217. The van der Waals surface area contributed by atoms with E-state index < -0.39 is 34.2 Å². The van der Waals surface area contributed by atoms with Crippen LogP contribution in [-0.4, -0.2) is 29.0 Å². The van der Waals surface area contributed by atoms with E-state index in [2.05, 4.69) is 5.32 Å². The summed E-state index contributed by atoms with van der Waals surface area (Å²) in [5.41, 5.74) is -0.937. The van der Waals surface area contributed by atoms with Gasteiger partial charge >= 0.3 is 6.18 Å². The first-order valence-electron chi connectivity index (χ1n) is 7.84. The SMILES string of the molecule is O=C1CN(C(=O)CSc2ccc(C(F)(F)F)cc2[N+](=O)[O-])c2ccccc2N1. The smallest absolute Gasteiger partial charge is 0.323 e. The van der Waals surface area contributed by atoms with Crippen molar-refractivity contribution < 1.29 is 27.7 Å². The maximum absolute atomic E-state index is 12.8. The van der Waals surface area contributed by atoms with Gasteiger partial charge in [0.25, 0.3) is 5.69 Å². The number of nitro benzene ring substituents is 1. The standard InChI is InChI=1S/C17H12F3N3O4S/c18-17(19,20)10-5-6-14(13(7-10)23(26)27)28-9-16(25)22-8-15(24)21-11-3-1-2-4-12(11)22/h1-7H,8-9H2,(H,21,24). The molecular formula is C17H12F3N3O4S. The first-order chi connectivity index (χ1) is 13.2. The van der Waals surface area contributed by atoms with Crippen LogP contribution in [0.25, 0.3) is 0 Å². The van der Waals surface area contributed by atoms with Crippen molar-refractivity contribution in [2.45, 2.75) is 11.1 Å². The van der Waals surface area contributed by atoms with Crippen LogP contribution in [0.5, 0.6) is 0 Å². The summed E-state index contributed by atoms with van der Waals surface area (Å²) < 4.78 is 38.3. The van der Waals surface area contributed by atoms with E-state index in [1.54, 1.807) is 24.3 Å². The van der Waals surface area contributed by atoms with E-state index in [1.807, 2.05) is 0 Å². The number of anilines is 2. The van der Waals surface area contributed by atoms with E-state index in [0.29, 0.717) is 17.4 Å². The van der Waals surface area contributed by atoms with E-state index in [9.17, 15) is 32.9 Å². The van der Waals surface area contributed by atoms with Crippen LogP contribution in [-0.2, 0) is 15.8 Å². The van der Waals surface area contributed by atoms with E-state index in [0.717, 1.165) is 23.9 Å². The molecule has 0 fully saturated rings. The van der Waals surface area contributed by atoms with Gasteiger partial charge in [0.05, 0.1) is 32.5 Å². The summed E-state index contributed by atoms with van der Waals surface area (Å²) in [4.78, 5) is 35.7. The predicted molar refractivity (Wildman–Crippen MR) is 96.2 cm³/mol. The van der Waals surface area contributed by atoms with Crippen LogP contribution in [0.3, 0.4) is 0 Å². The van der Waals surface area contributed by atoms with Crippen LogP contribution in [0.1, 0.15) is 5.56 Å². The number of carbonyl (C=O) groups excluding carboxylic acids is 2. The summed E-state index contributed by atoms with van der Waals surface area (Å²) in [5, 5.41) is 13.8. The van der Waals surface area contributed by atoms with Gasteiger partial charge in [-0.15, -0.1) is 11.8 Å². The Labute approximate surface area is 160 Å². The minimum Gasteiger partial charge on any atom is -0.323 e. The van der Waals surface area contributed by atoms with Crippen molar-refractivity contribution in [3.8, 4) is 0 Å². The predicted octanol–water partition coefficient (Wildman–Crippen LogP) is 3.69. The fraction of sp³-hybridized carbons (Fsp3) is 0.176. The van der Waals surface area contributed by atoms with Crippen LogP contribution in [0.15, 0.2) is 47.4 Å². The fourth-order valence-electron chi connectivity index (χ4n) is 2.63. The number of amides is 2. The Bertz CT molecular complexity index is 965. The average Bonchev–Trinajstić information content (AvgIpc) is 2.64. The molecule has 0 aliphatic carbocycles. The largest absolute Gasteiger partial charge is 0.416 e. The highest BCUT2D eigenvalue weighted by Gasteiger charge is 2.33. The summed E-state index contributed by atoms with van der Waals surface area (Å²) in [6, 6.07) is 8.77. The third-order valence-corrected chi connectivity index (χ3v) is 4.95. The first kappa shape index (κ1) is 19.7. The molecule has 2 aromatic rings. The molecule has 0 saturated heterocycles. The Hall–Kier alpha value is -3.08. The number of alkyl halides is 3. The van der Waals surface area contributed by atoms with Gasteiger partial charge in [0.2, 0.25) is 11.8 Å². The van der Waals surface area contributed by atoms with E-state index in [-0.39, 0.29) is 17.2 Å². The number of nitrogens with zero attached hydrogens (tertiary/aromatic N) is 2. The van der Waals surface area contributed by atoms with Crippen molar-refractivity contribution in [3.05, 3.63) is 58.1 Å². The lowest BCUT2D eigenvalue weighted by atomic mass is 10.2. The lowest BCUT2D eigenvalue weighted by Crippen LogP contribution is -2.43. The molecular weight excluding hydrogens is 399 g/mol. The third-order valence-electron chi connectivity index (χ3n) is 3.91. The Morgan fingerprint density at radius 3 is 2.64 bits per heavy atom. The van der Waals surface area contributed by atoms with Gasteiger partial charge in [-0.05, 0) is 24.3 Å². The van der Waals surface area contributed by atoms with Crippen molar-refractivity contribution in [3.63, 3.8) is 0 Å². The zero-order valence-electron chi connectivity index (χ0n) is 14.0. The zero-order chi connectivity index (χ0) is 20.5. The molecule has 1 aliphatic heterocycles. The van der Waals surface area contributed by atoms with Gasteiger partial charge in [0.1, 0.15) is 6.54 Å². The second-order valence-electron chi connectivity index (χ2n) is 5.77. The summed E-state index contributed by atoms with van der Waals surface area (Å²) in [5.74, 6) is -1.17. The first-order valence-corrected chi connectivity index (χ1v) is 8.83.